The number of carbonyl (C=O) groups excluding carboxylic acids is 2. The van der Waals surface area contributed by atoms with E-state index in [1.165, 1.54) is 0 Å². The molecule has 0 saturated carbocycles. The van der Waals surface area contributed by atoms with Gasteiger partial charge >= 0.3 is 0 Å². The number of benzene rings is 1. The van der Waals surface area contributed by atoms with Crippen LogP contribution in [0.25, 0.3) is 0 Å². The smallest absolute Gasteiger partial charge is 0.220 e. The molecule has 1 aliphatic rings. The van der Waals surface area contributed by atoms with Crippen molar-refractivity contribution in [1.82, 2.24) is 10.6 Å². The fraction of sp³-hybridized carbons (Fsp3) is 0.500. The Labute approximate surface area is 125 Å². The third kappa shape index (κ3) is 5.45. The molecule has 1 unspecified atom stereocenters. The number of amides is 2. The molecule has 21 heavy (non-hydrogen) atoms. The first kappa shape index (κ1) is 15.4. The van der Waals surface area contributed by atoms with Crippen molar-refractivity contribution in [3.05, 3.63) is 29.8 Å². The summed E-state index contributed by atoms with van der Waals surface area (Å²) in [6.45, 7) is 3.08. The molecular formula is C16H22N2O3. The molecule has 2 amide bonds. The largest absolute Gasteiger partial charge is 0.494 e. The van der Waals surface area contributed by atoms with Gasteiger partial charge in [-0.15, -0.1) is 0 Å². The molecule has 1 aromatic rings. The predicted molar refractivity (Wildman–Crippen MR) is 80.1 cm³/mol. The van der Waals surface area contributed by atoms with Crippen LogP contribution in [0.4, 0.5) is 0 Å². The van der Waals surface area contributed by atoms with Gasteiger partial charge in [-0.3, -0.25) is 9.59 Å². The van der Waals surface area contributed by atoms with E-state index in [1.807, 2.05) is 31.2 Å². The molecule has 2 rings (SSSR count). The van der Waals surface area contributed by atoms with Crippen molar-refractivity contribution in [1.29, 1.82) is 0 Å². The quantitative estimate of drug-likeness (QED) is 0.781. The molecule has 0 aliphatic carbocycles. The SMILES string of the molecule is Cc1cccc(OCCCC(=O)NC2CCC(=O)NC2)c1. The lowest BCUT2D eigenvalue weighted by Gasteiger charge is -2.23. The van der Waals surface area contributed by atoms with Gasteiger partial charge < -0.3 is 15.4 Å². The number of hydrogen-bond acceptors (Lipinski definition) is 3. The van der Waals surface area contributed by atoms with Gasteiger partial charge in [0.25, 0.3) is 0 Å². The second-order valence-electron chi connectivity index (χ2n) is 5.38. The Morgan fingerprint density at radius 3 is 3.05 bits per heavy atom. The van der Waals surface area contributed by atoms with Crippen LogP contribution in [0.1, 0.15) is 31.2 Å². The van der Waals surface area contributed by atoms with Crippen molar-refractivity contribution in [3.8, 4) is 5.75 Å². The minimum absolute atomic E-state index is 0.0176. The first-order valence-electron chi connectivity index (χ1n) is 7.39. The first-order valence-corrected chi connectivity index (χ1v) is 7.39. The Balaban J connectivity index is 1.60. The van der Waals surface area contributed by atoms with Gasteiger partial charge in [-0.05, 0) is 37.5 Å². The molecule has 1 aliphatic heterocycles. The Bertz CT molecular complexity index is 492. The van der Waals surface area contributed by atoms with Crippen LogP contribution >= 0.6 is 0 Å². The molecule has 5 heteroatoms. The third-order valence-electron chi connectivity index (χ3n) is 3.44. The lowest BCUT2D eigenvalue weighted by molar-refractivity contribution is -0.125. The topological polar surface area (TPSA) is 67.4 Å². The first-order chi connectivity index (χ1) is 10.1. The van der Waals surface area contributed by atoms with Gasteiger partial charge in [-0.1, -0.05) is 12.1 Å². The van der Waals surface area contributed by atoms with E-state index >= 15 is 0 Å². The van der Waals surface area contributed by atoms with E-state index < -0.39 is 0 Å². The minimum atomic E-state index is 0.0176. The maximum atomic E-state index is 11.8. The van der Waals surface area contributed by atoms with Crippen LogP contribution in [0.5, 0.6) is 5.75 Å². The second-order valence-corrected chi connectivity index (χ2v) is 5.38. The summed E-state index contributed by atoms with van der Waals surface area (Å²) in [6.07, 6.45) is 2.33. The molecule has 5 nitrogen and oxygen atoms in total. The monoisotopic (exact) mass is 290 g/mol. The molecule has 1 saturated heterocycles. The normalized spacial score (nSPS) is 18.0. The van der Waals surface area contributed by atoms with Crippen LogP contribution in [0.15, 0.2) is 24.3 Å². The highest BCUT2D eigenvalue weighted by molar-refractivity contribution is 5.78. The maximum absolute atomic E-state index is 11.8. The lowest BCUT2D eigenvalue weighted by Crippen LogP contribution is -2.47. The van der Waals surface area contributed by atoms with Crippen molar-refractivity contribution in [2.75, 3.05) is 13.2 Å². The molecule has 114 valence electrons. The van der Waals surface area contributed by atoms with Crippen LogP contribution in [-0.2, 0) is 9.59 Å². The van der Waals surface area contributed by atoms with Crippen LogP contribution < -0.4 is 15.4 Å². The van der Waals surface area contributed by atoms with Gasteiger partial charge in [0.2, 0.25) is 11.8 Å². The number of aryl methyl sites for hydroxylation is 1. The van der Waals surface area contributed by atoms with Crippen molar-refractivity contribution in [3.63, 3.8) is 0 Å². The number of nitrogens with one attached hydrogen (secondary N) is 2. The zero-order valence-corrected chi connectivity index (χ0v) is 12.4. The zero-order valence-electron chi connectivity index (χ0n) is 12.4. The van der Waals surface area contributed by atoms with Gasteiger partial charge in [0, 0.05) is 25.4 Å². The highest BCUT2D eigenvalue weighted by atomic mass is 16.5. The molecule has 0 bridgehead atoms. The Kier molecular flexibility index (Phi) is 5.60. The summed E-state index contributed by atoms with van der Waals surface area (Å²) >= 11 is 0. The van der Waals surface area contributed by atoms with Crippen molar-refractivity contribution < 1.29 is 14.3 Å². The van der Waals surface area contributed by atoms with Gasteiger partial charge in [0.05, 0.1) is 6.61 Å². The van der Waals surface area contributed by atoms with Gasteiger partial charge in [0.1, 0.15) is 5.75 Å². The van der Waals surface area contributed by atoms with Crippen LogP contribution in [-0.4, -0.2) is 31.0 Å². The average molecular weight is 290 g/mol. The fourth-order valence-electron chi connectivity index (χ4n) is 2.28. The Hall–Kier alpha value is -2.04. The minimum Gasteiger partial charge on any atom is -0.494 e. The van der Waals surface area contributed by atoms with E-state index in [1.54, 1.807) is 0 Å². The van der Waals surface area contributed by atoms with E-state index in [2.05, 4.69) is 10.6 Å². The van der Waals surface area contributed by atoms with Crippen molar-refractivity contribution >= 4 is 11.8 Å². The van der Waals surface area contributed by atoms with E-state index in [-0.39, 0.29) is 17.9 Å². The van der Waals surface area contributed by atoms with Gasteiger partial charge in [-0.25, -0.2) is 0 Å². The summed E-state index contributed by atoms with van der Waals surface area (Å²) in [5.41, 5.74) is 1.16. The molecular weight excluding hydrogens is 268 g/mol. The van der Waals surface area contributed by atoms with Crippen LogP contribution in [0.3, 0.4) is 0 Å². The van der Waals surface area contributed by atoms with E-state index in [9.17, 15) is 9.59 Å². The van der Waals surface area contributed by atoms with Gasteiger partial charge in [0.15, 0.2) is 0 Å². The second kappa shape index (κ2) is 7.67. The van der Waals surface area contributed by atoms with Crippen LogP contribution in [0.2, 0.25) is 0 Å². The number of piperidine rings is 1. The number of ether oxygens (including phenoxy) is 1. The van der Waals surface area contributed by atoms with E-state index in [0.717, 1.165) is 17.7 Å². The van der Waals surface area contributed by atoms with Crippen molar-refractivity contribution in [2.24, 2.45) is 0 Å². The molecule has 0 aromatic heterocycles. The molecule has 1 atom stereocenters. The Morgan fingerprint density at radius 2 is 2.33 bits per heavy atom. The maximum Gasteiger partial charge on any atom is 0.220 e. The van der Waals surface area contributed by atoms with Gasteiger partial charge in [-0.2, -0.15) is 0 Å². The van der Waals surface area contributed by atoms with Crippen LogP contribution in [0, 0.1) is 6.92 Å². The lowest BCUT2D eigenvalue weighted by atomic mass is 10.1. The summed E-state index contributed by atoms with van der Waals surface area (Å²) in [6, 6.07) is 7.92. The summed E-state index contributed by atoms with van der Waals surface area (Å²) in [5, 5.41) is 5.69. The number of hydrogen-bond donors (Lipinski definition) is 2. The molecule has 0 spiro atoms. The molecule has 1 heterocycles. The molecule has 2 N–H and O–H groups in total. The van der Waals surface area contributed by atoms with E-state index in [4.69, 9.17) is 4.74 Å². The molecule has 1 aromatic carbocycles. The highest BCUT2D eigenvalue weighted by Crippen LogP contribution is 2.12. The third-order valence-corrected chi connectivity index (χ3v) is 3.44. The molecule has 1 fully saturated rings. The average Bonchev–Trinajstić information content (AvgIpc) is 2.46. The number of carbonyl (C=O) groups is 2. The zero-order chi connectivity index (χ0) is 15.1. The summed E-state index contributed by atoms with van der Waals surface area (Å²) < 4.78 is 5.60. The van der Waals surface area contributed by atoms with Crippen molar-refractivity contribution in [2.45, 2.75) is 38.6 Å². The van der Waals surface area contributed by atoms with E-state index in [0.29, 0.717) is 32.4 Å². The highest BCUT2D eigenvalue weighted by Gasteiger charge is 2.19. The predicted octanol–water partition coefficient (Wildman–Crippen LogP) is 1.55. The molecule has 0 radical (unpaired) electrons. The summed E-state index contributed by atoms with van der Waals surface area (Å²) in [4.78, 5) is 22.8. The summed E-state index contributed by atoms with van der Waals surface area (Å²) in [7, 11) is 0. The summed E-state index contributed by atoms with van der Waals surface area (Å²) in [5.74, 6) is 0.918. The number of rotatable bonds is 6. The fourth-order valence-corrected chi connectivity index (χ4v) is 2.28. The standard InChI is InChI=1S/C16H22N2O3/c1-12-4-2-5-14(10-12)21-9-3-6-16(20)18-13-7-8-15(19)17-11-13/h2,4-5,10,13H,3,6-9,11H2,1H3,(H,17,19)(H,18,20). The Morgan fingerprint density at radius 1 is 1.48 bits per heavy atom.